The van der Waals surface area contributed by atoms with Crippen LogP contribution in [-0.2, 0) is 0 Å². The van der Waals surface area contributed by atoms with Gasteiger partial charge in [0.15, 0.2) is 0 Å². The monoisotopic (exact) mass is 272 g/mol. The Kier molecular flexibility index (Phi) is 3.44. The smallest absolute Gasteiger partial charge is 0.271 e. The van der Waals surface area contributed by atoms with Crippen molar-refractivity contribution in [3.63, 3.8) is 0 Å². The summed E-state index contributed by atoms with van der Waals surface area (Å²) in [5.41, 5.74) is 6.65. The summed E-state index contributed by atoms with van der Waals surface area (Å²) in [7, 11) is 0. The van der Waals surface area contributed by atoms with E-state index in [4.69, 9.17) is 0 Å². The van der Waals surface area contributed by atoms with Crippen molar-refractivity contribution >= 4 is 17.3 Å². The molecular weight excluding hydrogens is 252 g/mol. The van der Waals surface area contributed by atoms with Gasteiger partial charge >= 0.3 is 0 Å². The molecule has 2 heterocycles. The molecule has 0 spiro atoms. The average Bonchev–Trinajstić information content (AvgIpc) is 2.85. The van der Waals surface area contributed by atoms with E-state index in [1.807, 2.05) is 18.2 Å². The second-order valence-electron chi connectivity index (χ2n) is 5.21. The van der Waals surface area contributed by atoms with Gasteiger partial charge in [-0.1, -0.05) is 19.9 Å². The van der Waals surface area contributed by atoms with Crippen LogP contribution in [0.2, 0.25) is 0 Å². The molecule has 0 saturated heterocycles. The van der Waals surface area contributed by atoms with Crippen LogP contribution in [0.4, 0.5) is 5.69 Å². The Morgan fingerprint density at radius 3 is 2.90 bits per heavy atom. The zero-order valence-corrected chi connectivity index (χ0v) is 11.9. The molecule has 2 aliphatic rings. The van der Waals surface area contributed by atoms with Gasteiger partial charge in [0, 0.05) is 30.3 Å². The summed E-state index contributed by atoms with van der Waals surface area (Å²) in [5, 5.41) is 7.77. The van der Waals surface area contributed by atoms with E-state index in [-0.39, 0.29) is 11.8 Å². The molecular formula is C15H20N4O. The Morgan fingerprint density at radius 2 is 2.15 bits per heavy atom. The number of nitrogens with zero attached hydrogens (tertiary/aromatic N) is 2. The van der Waals surface area contributed by atoms with E-state index in [1.54, 1.807) is 0 Å². The van der Waals surface area contributed by atoms with Gasteiger partial charge in [-0.15, -0.1) is 0 Å². The number of anilines is 1. The molecule has 5 nitrogen and oxygen atoms in total. The normalized spacial score (nSPS) is 20.1. The van der Waals surface area contributed by atoms with Gasteiger partial charge in [-0.3, -0.25) is 9.69 Å². The van der Waals surface area contributed by atoms with Gasteiger partial charge in [-0.2, -0.15) is 5.10 Å². The molecule has 3 rings (SSSR count). The Labute approximate surface area is 119 Å². The van der Waals surface area contributed by atoms with Crippen LogP contribution in [0.3, 0.4) is 0 Å². The molecule has 106 valence electrons. The third-order valence-electron chi connectivity index (χ3n) is 4.18. The second kappa shape index (κ2) is 5.25. The predicted molar refractivity (Wildman–Crippen MR) is 80.4 cm³/mol. The molecule has 0 bridgehead atoms. The summed E-state index contributed by atoms with van der Waals surface area (Å²) in [6.45, 7) is 7.88. The van der Waals surface area contributed by atoms with E-state index in [0.717, 1.165) is 48.7 Å². The fraction of sp³-hybridized carbons (Fsp3) is 0.467. The zero-order valence-electron chi connectivity index (χ0n) is 11.9. The molecule has 0 radical (unpaired) electrons. The van der Waals surface area contributed by atoms with E-state index in [9.17, 15) is 4.79 Å². The number of amides is 1. The van der Waals surface area contributed by atoms with Crippen LogP contribution in [0.5, 0.6) is 0 Å². The number of carbonyl (C=O) groups is 1. The summed E-state index contributed by atoms with van der Waals surface area (Å²) < 4.78 is 0. The van der Waals surface area contributed by atoms with Crippen molar-refractivity contribution in [3.8, 4) is 0 Å². The summed E-state index contributed by atoms with van der Waals surface area (Å²) in [5.74, 6) is 0.0887. The molecule has 1 atom stereocenters. The molecule has 20 heavy (non-hydrogen) atoms. The highest BCUT2D eigenvalue weighted by atomic mass is 16.2. The Hall–Kier alpha value is -1.88. The summed E-state index contributed by atoms with van der Waals surface area (Å²) in [6.07, 6.45) is 0. The van der Waals surface area contributed by atoms with Crippen LogP contribution in [-0.4, -0.2) is 42.7 Å². The largest absolute Gasteiger partial charge is 0.384 e. The van der Waals surface area contributed by atoms with Crippen molar-refractivity contribution in [2.75, 3.05) is 31.5 Å². The number of hydrogen-bond donors (Lipinski definition) is 2. The Balaban J connectivity index is 1.98. The van der Waals surface area contributed by atoms with Crippen molar-refractivity contribution in [1.82, 2.24) is 10.3 Å². The number of hydrogen-bond acceptors (Lipinski definition) is 4. The van der Waals surface area contributed by atoms with Gasteiger partial charge in [-0.05, 0) is 30.8 Å². The quantitative estimate of drug-likeness (QED) is 0.876. The van der Waals surface area contributed by atoms with Gasteiger partial charge in [0.2, 0.25) is 0 Å². The maximum atomic E-state index is 12.1. The minimum Gasteiger partial charge on any atom is -0.384 e. The van der Waals surface area contributed by atoms with Gasteiger partial charge in [0.05, 0.1) is 5.71 Å². The number of rotatable bonds is 4. The first-order chi connectivity index (χ1) is 9.74. The standard InChI is InChI=1S/C15H20N4O/c1-3-19(4-2)9-13-11-8-16-12-7-5-6-10(14(11)12)15(20)18-17-13/h5-7,11,16H,3-4,8-9H2,1-2H3,(H,18,20). The lowest BCUT2D eigenvalue weighted by Gasteiger charge is -2.21. The lowest BCUT2D eigenvalue weighted by Crippen LogP contribution is -2.33. The van der Waals surface area contributed by atoms with E-state index in [0.29, 0.717) is 0 Å². The minimum absolute atomic E-state index is 0.106. The fourth-order valence-electron chi connectivity index (χ4n) is 2.97. The van der Waals surface area contributed by atoms with Crippen LogP contribution in [0.1, 0.15) is 35.7 Å². The molecule has 2 N–H and O–H groups in total. The Morgan fingerprint density at radius 1 is 1.35 bits per heavy atom. The topological polar surface area (TPSA) is 56.7 Å². The van der Waals surface area contributed by atoms with Crippen molar-refractivity contribution in [2.45, 2.75) is 19.8 Å². The molecule has 0 aromatic heterocycles. The predicted octanol–water partition coefficient (Wildman–Crippen LogP) is 1.64. The molecule has 1 unspecified atom stereocenters. The first-order valence-electron chi connectivity index (χ1n) is 7.20. The van der Waals surface area contributed by atoms with Crippen LogP contribution >= 0.6 is 0 Å². The molecule has 0 fully saturated rings. The van der Waals surface area contributed by atoms with Crippen molar-refractivity contribution in [3.05, 3.63) is 29.3 Å². The zero-order chi connectivity index (χ0) is 14.1. The summed E-state index contributed by atoms with van der Waals surface area (Å²) in [6, 6.07) is 5.83. The van der Waals surface area contributed by atoms with E-state index in [2.05, 4.69) is 34.6 Å². The average molecular weight is 272 g/mol. The lowest BCUT2D eigenvalue weighted by molar-refractivity contribution is 0.0955. The summed E-state index contributed by atoms with van der Waals surface area (Å²) in [4.78, 5) is 14.5. The third-order valence-corrected chi connectivity index (χ3v) is 4.18. The molecule has 0 saturated carbocycles. The maximum Gasteiger partial charge on any atom is 0.271 e. The van der Waals surface area contributed by atoms with E-state index in [1.165, 1.54) is 0 Å². The van der Waals surface area contributed by atoms with Crippen LogP contribution in [0.15, 0.2) is 23.3 Å². The molecule has 1 amide bonds. The first kappa shape index (κ1) is 13.1. The summed E-state index contributed by atoms with van der Waals surface area (Å²) >= 11 is 0. The molecule has 1 aromatic carbocycles. The van der Waals surface area contributed by atoms with Gasteiger partial charge < -0.3 is 5.32 Å². The number of nitrogens with one attached hydrogen (secondary N) is 2. The molecule has 1 aromatic rings. The van der Waals surface area contributed by atoms with Crippen LogP contribution in [0, 0.1) is 0 Å². The van der Waals surface area contributed by atoms with E-state index < -0.39 is 0 Å². The van der Waals surface area contributed by atoms with Gasteiger partial charge in [0.1, 0.15) is 0 Å². The van der Waals surface area contributed by atoms with Crippen molar-refractivity contribution in [2.24, 2.45) is 5.10 Å². The SMILES string of the molecule is CCN(CC)CC1=NNC(=O)c2cccc3c2C1CN3. The van der Waals surface area contributed by atoms with Crippen LogP contribution < -0.4 is 10.7 Å². The Bertz CT molecular complexity index is 563. The first-order valence-corrected chi connectivity index (χ1v) is 7.20. The molecule has 5 heteroatoms. The third kappa shape index (κ3) is 2.08. The van der Waals surface area contributed by atoms with Crippen LogP contribution in [0.25, 0.3) is 0 Å². The minimum atomic E-state index is -0.106. The van der Waals surface area contributed by atoms with Crippen molar-refractivity contribution in [1.29, 1.82) is 0 Å². The van der Waals surface area contributed by atoms with E-state index >= 15 is 0 Å². The number of hydrazone groups is 1. The van der Waals surface area contributed by atoms with Gasteiger partial charge in [-0.25, -0.2) is 5.43 Å². The molecule has 2 aliphatic heterocycles. The fourth-order valence-corrected chi connectivity index (χ4v) is 2.97. The lowest BCUT2D eigenvalue weighted by atomic mass is 9.91. The second-order valence-corrected chi connectivity index (χ2v) is 5.21. The van der Waals surface area contributed by atoms with Gasteiger partial charge in [0.25, 0.3) is 5.91 Å². The highest BCUT2D eigenvalue weighted by molar-refractivity contribution is 6.06. The number of carbonyl (C=O) groups excluding carboxylic acids is 1. The highest BCUT2D eigenvalue weighted by Crippen LogP contribution is 2.36. The number of benzene rings is 1. The van der Waals surface area contributed by atoms with Crippen molar-refractivity contribution < 1.29 is 4.79 Å². The maximum absolute atomic E-state index is 12.1. The molecule has 0 aliphatic carbocycles. The highest BCUT2D eigenvalue weighted by Gasteiger charge is 2.33.